The quantitative estimate of drug-likeness (QED) is 0.762. The molecule has 1 aromatic carbocycles. The third-order valence-corrected chi connectivity index (χ3v) is 3.38. The number of hydrogen-bond acceptors (Lipinski definition) is 3. The molecule has 1 aliphatic rings. The fourth-order valence-corrected chi connectivity index (χ4v) is 2.43. The van der Waals surface area contributed by atoms with Crippen LogP contribution in [0.25, 0.3) is 10.9 Å². The first kappa shape index (κ1) is 10.4. The van der Waals surface area contributed by atoms with Gasteiger partial charge in [-0.1, -0.05) is 0 Å². The van der Waals surface area contributed by atoms with E-state index in [1.165, 1.54) is 19.3 Å². The van der Waals surface area contributed by atoms with Crippen LogP contribution in [0.4, 0.5) is 11.5 Å². The van der Waals surface area contributed by atoms with Gasteiger partial charge in [-0.15, -0.1) is 0 Å². The minimum Gasteiger partial charge on any atom is -0.399 e. The lowest BCUT2D eigenvalue weighted by molar-refractivity contribution is 0.574. The SMILES string of the molecule is Nc1ccc2nc(N3CCCCC3)ccc2c1. The number of hydrogen-bond donors (Lipinski definition) is 1. The van der Waals surface area contributed by atoms with E-state index in [9.17, 15) is 0 Å². The van der Waals surface area contributed by atoms with Crippen LogP contribution in [0.5, 0.6) is 0 Å². The molecule has 2 N–H and O–H groups in total. The van der Waals surface area contributed by atoms with Gasteiger partial charge < -0.3 is 10.6 Å². The highest BCUT2D eigenvalue weighted by Crippen LogP contribution is 2.22. The summed E-state index contributed by atoms with van der Waals surface area (Å²) in [6.07, 6.45) is 3.91. The van der Waals surface area contributed by atoms with E-state index >= 15 is 0 Å². The first-order chi connectivity index (χ1) is 8.33. The number of pyridine rings is 1. The monoisotopic (exact) mass is 227 g/mol. The van der Waals surface area contributed by atoms with Gasteiger partial charge in [-0.25, -0.2) is 4.98 Å². The Morgan fingerprint density at radius 2 is 1.82 bits per heavy atom. The van der Waals surface area contributed by atoms with Gasteiger partial charge in [0.05, 0.1) is 5.52 Å². The summed E-state index contributed by atoms with van der Waals surface area (Å²) in [6.45, 7) is 2.26. The highest BCUT2D eigenvalue weighted by molar-refractivity contribution is 5.83. The number of anilines is 2. The Balaban J connectivity index is 1.98. The molecule has 3 rings (SSSR count). The predicted octanol–water partition coefficient (Wildman–Crippen LogP) is 2.81. The van der Waals surface area contributed by atoms with Crippen LogP contribution in [0.3, 0.4) is 0 Å². The van der Waals surface area contributed by atoms with Crippen molar-refractivity contribution in [1.29, 1.82) is 0 Å². The number of fused-ring (bicyclic) bond motifs is 1. The standard InChI is InChI=1S/C14H17N3/c15-12-5-6-13-11(10-12)4-7-14(16-13)17-8-2-1-3-9-17/h4-7,10H,1-3,8-9,15H2. The molecule has 1 aromatic heterocycles. The van der Waals surface area contributed by atoms with Gasteiger partial charge in [-0.05, 0) is 49.6 Å². The number of benzene rings is 1. The highest BCUT2D eigenvalue weighted by Gasteiger charge is 2.12. The van der Waals surface area contributed by atoms with Crippen molar-refractivity contribution in [2.75, 3.05) is 23.7 Å². The van der Waals surface area contributed by atoms with Crippen LogP contribution < -0.4 is 10.6 Å². The molecule has 0 aliphatic carbocycles. The molecular weight excluding hydrogens is 210 g/mol. The van der Waals surface area contributed by atoms with E-state index in [0.29, 0.717) is 0 Å². The second-order valence-electron chi connectivity index (χ2n) is 4.67. The van der Waals surface area contributed by atoms with Gasteiger partial charge in [0.15, 0.2) is 0 Å². The first-order valence-corrected chi connectivity index (χ1v) is 6.24. The Morgan fingerprint density at radius 3 is 2.65 bits per heavy atom. The molecule has 0 unspecified atom stereocenters. The molecule has 0 bridgehead atoms. The van der Waals surface area contributed by atoms with Crippen molar-refractivity contribution >= 4 is 22.4 Å². The van der Waals surface area contributed by atoms with Crippen LogP contribution in [-0.4, -0.2) is 18.1 Å². The van der Waals surface area contributed by atoms with E-state index in [1.54, 1.807) is 0 Å². The van der Waals surface area contributed by atoms with Crippen LogP contribution in [0.15, 0.2) is 30.3 Å². The topological polar surface area (TPSA) is 42.1 Å². The molecule has 2 heterocycles. The Hall–Kier alpha value is -1.77. The van der Waals surface area contributed by atoms with Crippen molar-refractivity contribution in [3.8, 4) is 0 Å². The average molecular weight is 227 g/mol. The molecule has 17 heavy (non-hydrogen) atoms. The van der Waals surface area contributed by atoms with E-state index in [4.69, 9.17) is 10.7 Å². The molecule has 0 spiro atoms. The molecular formula is C14H17N3. The molecule has 0 saturated carbocycles. The zero-order chi connectivity index (χ0) is 11.7. The van der Waals surface area contributed by atoms with Gasteiger partial charge in [-0.2, -0.15) is 0 Å². The lowest BCUT2D eigenvalue weighted by Gasteiger charge is -2.27. The van der Waals surface area contributed by atoms with E-state index in [0.717, 1.165) is 35.5 Å². The van der Waals surface area contributed by atoms with Crippen molar-refractivity contribution in [3.05, 3.63) is 30.3 Å². The van der Waals surface area contributed by atoms with Crippen LogP contribution in [0.1, 0.15) is 19.3 Å². The molecule has 1 aliphatic heterocycles. The summed E-state index contributed by atoms with van der Waals surface area (Å²) in [7, 11) is 0. The first-order valence-electron chi connectivity index (χ1n) is 6.24. The lowest BCUT2D eigenvalue weighted by atomic mass is 10.1. The third kappa shape index (κ3) is 2.05. The summed E-state index contributed by atoms with van der Waals surface area (Å²) < 4.78 is 0. The Bertz CT molecular complexity index is 530. The number of rotatable bonds is 1. The van der Waals surface area contributed by atoms with Crippen molar-refractivity contribution in [2.45, 2.75) is 19.3 Å². The largest absolute Gasteiger partial charge is 0.399 e. The maximum Gasteiger partial charge on any atom is 0.129 e. The molecule has 1 fully saturated rings. The average Bonchev–Trinajstić information content (AvgIpc) is 2.39. The maximum absolute atomic E-state index is 5.77. The van der Waals surface area contributed by atoms with Crippen molar-refractivity contribution in [1.82, 2.24) is 4.98 Å². The smallest absolute Gasteiger partial charge is 0.129 e. The van der Waals surface area contributed by atoms with E-state index in [2.05, 4.69) is 17.0 Å². The lowest BCUT2D eigenvalue weighted by Crippen LogP contribution is -2.30. The predicted molar refractivity (Wildman–Crippen MR) is 72.2 cm³/mol. The molecule has 3 nitrogen and oxygen atoms in total. The van der Waals surface area contributed by atoms with Gasteiger partial charge in [0.25, 0.3) is 0 Å². The van der Waals surface area contributed by atoms with Crippen LogP contribution >= 0.6 is 0 Å². The molecule has 0 atom stereocenters. The zero-order valence-electron chi connectivity index (χ0n) is 9.89. The minimum absolute atomic E-state index is 0.796. The fraction of sp³-hybridized carbons (Fsp3) is 0.357. The molecule has 1 saturated heterocycles. The van der Waals surface area contributed by atoms with Crippen molar-refractivity contribution in [2.24, 2.45) is 0 Å². The number of nitrogens with two attached hydrogens (primary N) is 1. The Kier molecular flexibility index (Phi) is 2.59. The summed E-state index contributed by atoms with van der Waals surface area (Å²) in [4.78, 5) is 7.08. The molecule has 88 valence electrons. The summed E-state index contributed by atoms with van der Waals surface area (Å²) in [5, 5.41) is 1.12. The van der Waals surface area contributed by atoms with Gasteiger partial charge in [0, 0.05) is 24.2 Å². The normalized spacial score (nSPS) is 16.4. The fourth-order valence-electron chi connectivity index (χ4n) is 2.43. The molecule has 3 heteroatoms. The van der Waals surface area contributed by atoms with Gasteiger partial charge in [-0.3, -0.25) is 0 Å². The third-order valence-electron chi connectivity index (χ3n) is 3.38. The van der Waals surface area contributed by atoms with Crippen molar-refractivity contribution < 1.29 is 0 Å². The molecule has 2 aromatic rings. The number of aromatic nitrogens is 1. The number of piperidine rings is 1. The second kappa shape index (κ2) is 4.24. The van der Waals surface area contributed by atoms with E-state index < -0.39 is 0 Å². The maximum atomic E-state index is 5.77. The highest BCUT2D eigenvalue weighted by atomic mass is 15.2. The minimum atomic E-state index is 0.796. The van der Waals surface area contributed by atoms with Gasteiger partial charge >= 0.3 is 0 Å². The zero-order valence-corrected chi connectivity index (χ0v) is 9.89. The second-order valence-corrected chi connectivity index (χ2v) is 4.67. The van der Waals surface area contributed by atoms with Gasteiger partial charge in [0.1, 0.15) is 5.82 Å². The summed E-state index contributed by atoms with van der Waals surface area (Å²) >= 11 is 0. The van der Waals surface area contributed by atoms with Gasteiger partial charge in [0.2, 0.25) is 0 Å². The Labute approximate surface area is 101 Å². The number of nitrogen functional groups attached to an aromatic ring is 1. The van der Waals surface area contributed by atoms with E-state index in [-0.39, 0.29) is 0 Å². The summed E-state index contributed by atoms with van der Waals surface area (Å²) in [5.41, 5.74) is 7.59. The van der Waals surface area contributed by atoms with Crippen LogP contribution in [0.2, 0.25) is 0 Å². The summed E-state index contributed by atoms with van der Waals surface area (Å²) in [6, 6.07) is 10.1. The van der Waals surface area contributed by atoms with Crippen LogP contribution in [0, 0.1) is 0 Å². The molecule has 0 radical (unpaired) electrons. The summed E-state index contributed by atoms with van der Waals surface area (Å²) in [5.74, 6) is 1.10. The molecule has 0 amide bonds. The van der Waals surface area contributed by atoms with E-state index in [1.807, 2.05) is 18.2 Å². The number of nitrogens with zero attached hydrogens (tertiary/aromatic N) is 2. The van der Waals surface area contributed by atoms with Crippen molar-refractivity contribution in [3.63, 3.8) is 0 Å². The Morgan fingerprint density at radius 1 is 1.00 bits per heavy atom. The van der Waals surface area contributed by atoms with Crippen LogP contribution in [-0.2, 0) is 0 Å².